The van der Waals surface area contributed by atoms with Gasteiger partial charge < -0.3 is 14.6 Å². The van der Waals surface area contributed by atoms with Crippen molar-refractivity contribution in [1.82, 2.24) is 4.90 Å². The van der Waals surface area contributed by atoms with Gasteiger partial charge in [0, 0.05) is 23.7 Å². The van der Waals surface area contributed by atoms with Crippen LogP contribution in [0, 0.1) is 18.2 Å². The zero-order valence-electron chi connectivity index (χ0n) is 27.3. The summed E-state index contributed by atoms with van der Waals surface area (Å²) in [4.78, 5) is 26.0. The number of alkyl halides is 6. The van der Waals surface area contributed by atoms with Gasteiger partial charge in [0.25, 0.3) is 0 Å². The zero-order chi connectivity index (χ0) is 36.2. The highest BCUT2D eigenvalue weighted by molar-refractivity contribution is 5.89. The number of hydrogen-bond acceptors (Lipinski definition) is 4. The van der Waals surface area contributed by atoms with Crippen molar-refractivity contribution >= 4 is 17.6 Å². The maximum atomic E-state index is 15.5. The molecule has 5 rings (SSSR count). The molecule has 6 nitrogen and oxygen atoms in total. The number of hydrogen-bond donors (Lipinski definition) is 1. The molecule has 0 radical (unpaired) electrons. The highest BCUT2D eigenvalue weighted by atomic mass is 19.4. The number of cyclic esters (lactones) is 1. The number of carboxylic acid groups (broad SMARTS) is 1. The second-order valence-electron chi connectivity index (χ2n) is 13.3. The molecule has 0 bridgehead atoms. The molecule has 3 aromatic rings. The molecule has 0 saturated carbocycles. The van der Waals surface area contributed by atoms with E-state index in [0.29, 0.717) is 48.1 Å². The van der Waals surface area contributed by atoms with Gasteiger partial charge in [-0.3, -0.25) is 4.90 Å². The van der Waals surface area contributed by atoms with E-state index in [1.165, 1.54) is 43.2 Å². The summed E-state index contributed by atoms with van der Waals surface area (Å²) in [5.41, 5.74) is -0.439. The third-order valence-corrected chi connectivity index (χ3v) is 9.24. The highest BCUT2D eigenvalue weighted by Crippen LogP contribution is 2.47. The minimum absolute atomic E-state index is 0.0241. The van der Waals surface area contributed by atoms with Gasteiger partial charge >= 0.3 is 24.4 Å². The Hall–Kier alpha value is -4.55. The van der Waals surface area contributed by atoms with E-state index in [-0.39, 0.29) is 34.9 Å². The molecular weight excluding hydrogens is 659 g/mol. The third kappa shape index (κ3) is 7.25. The first-order valence-electron chi connectivity index (χ1n) is 15.4. The molecule has 1 N–H and O–H groups in total. The smallest absolute Gasteiger partial charge is 0.416 e. The first-order valence-corrected chi connectivity index (χ1v) is 15.4. The van der Waals surface area contributed by atoms with Crippen LogP contribution >= 0.6 is 0 Å². The van der Waals surface area contributed by atoms with Crippen LogP contribution in [0.5, 0.6) is 5.75 Å². The predicted molar refractivity (Wildman–Crippen MR) is 166 cm³/mol. The average molecular weight is 694 g/mol. The number of rotatable bonds is 7. The number of ether oxygens (including phenoxy) is 2. The average Bonchev–Trinajstić information content (AvgIpc) is 3.28. The monoisotopic (exact) mass is 693 g/mol. The van der Waals surface area contributed by atoms with Crippen molar-refractivity contribution < 1.29 is 54.9 Å². The van der Waals surface area contributed by atoms with Crippen LogP contribution < -0.4 is 4.74 Å². The second-order valence-corrected chi connectivity index (χ2v) is 13.3. The molecule has 1 unspecified atom stereocenters. The summed E-state index contributed by atoms with van der Waals surface area (Å²) in [5, 5.41) is 9.38. The topological polar surface area (TPSA) is 76.1 Å². The lowest BCUT2D eigenvalue weighted by atomic mass is 9.72. The van der Waals surface area contributed by atoms with E-state index in [4.69, 9.17) is 9.47 Å². The van der Waals surface area contributed by atoms with Gasteiger partial charge in [0.05, 0.1) is 29.8 Å². The number of amides is 1. The molecule has 1 amide bonds. The predicted octanol–water partition coefficient (Wildman–Crippen LogP) is 10.1. The Morgan fingerprint density at radius 2 is 1.61 bits per heavy atom. The molecule has 1 aliphatic carbocycles. The van der Waals surface area contributed by atoms with Gasteiger partial charge in [-0.25, -0.2) is 14.0 Å². The van der Waals surface area contributed by atoms with E-state index in [0.717, 1.165) is 11.1 Å². The molecule has 3 aromatic carbocycles. The Balaban J connectivity index is 1.57. The van der Waals surface area contributed by atoms with Gasteiger partial charge in [0.2, 0.25) is 0 Å². The number of carbonyl (C=O) groups is 2. The Bertz CT molecular complexity index is 1810. The van der Waals surface area contributed by atoms with Crippen LogP contribution in [0.4, 0.5) is 35.5 Å². The van der Waals surface area contributed by atoms with Crippen LogP contribution in [0.3, 0.4) is 0 Å². The number of aryl methyl sites for hydroxylation is 1. The van der Waals surface area contributed by atoms with Crippen LogP contribution in [0.15, 0.2) is 54.1 Å². The van der Waals surface area contributed by atoms with Crippen LogP contribution in [0.25, 0.3) is 16.7 Å². The molecule has 49 heavy (non-hydrogen) atoms. The summed E-state index contributed by atoms with van der Waals surface area (Å²) in [6.45, 7) is 7.17. The number of nitrogens with zero attached hydrogens (tertiary/aromatic N) is 1. The number of benzene rings is 3. The van der Waals surface area contributed by atoms with E-state index < -0.39 is 59.1 Å². The summed E-state index contributed by atoms with van der Waals surface area (Å²) in [7, 11) is 1.38. The number of aromatic carboxylic acids is 1. The number of carbonyl (C=O) groups excluding carboxylic acids is 1. The van der Waals surface area contributed by atoms with Crippen molar-refractivity contribution in [3.63, 3.8) is 0 Å². The minimum atomic E-state index is -5.07. The maximum Gasteiger partial charge on any atom is 0.416 e. The van der Waals surface area contributed by atoms with E-state index in [1.54, 1.807) is 13.0 Å². The minimum Gasteiger partial charge on any atom is -0.496 e. The standard InChI is InChI=1S/C36H34F7NO5/c1-18-10-20(32(45)46)6-7-25(18)27-14-28(30(48-5)15-29(27)37)26-8-9-34(3,4)16-22(26)17-44-19(2)31(49-33(44)47)21-11-23(35(38,39)40)13-24(12-21)36(41,42)43/h6-7,10-15,19,31H,8-9,16-17H2,1-5H3,(H,45,46)/t19?,31-/m0/s1. The maximum absolute atomic E-state index is 15.5. The lowest BCUT2D eigenvalue weighted by molar-refractivity contribution is -0.143. The molecule has 0 spiro atoms. The first-order chi connectivity index (χ1) is 22.7. The summed E-state index contributed by atoms with van der Waals surface area (Å²) < 4.78 is 108. The van der Waals surface area contributed by atoms with Crippen molar-refractivity contribution in [2.75, 3.05) is 13.7 Å². The van der Waals surface area contributed by atoms with Crippen molar-refractivity contribution in [3.8, 4) is 16.9 Å². The van der Waals surface area contributed by atoms with Crippen molar-refractivity contribution in [2.24, 2.45) is 5.41 Å². The second kappa shape index (κ2) is 12.7. The lowest BCUT2D eigenvalue weighted by Crippen LogP contribution is -2.35. The molecule has 0 aromatic heterocycles. The highest BCUT2D eigenvalue weighted by Gasteiger charge is 2.44. The third-order valence-electron chi connectivity index (χ3n) is 9.24. The first kappa shape index (κ1) is 35.7. The number of carboxylic acids is 1. The summed E-state index contributed by atoms with van der Waals surface area (Å²) >= 11 is 0. The van der Waals surface area contributed by atoms with E-state index in [2.05, 4.69) is 0 Å². The fourth-order valence-corrected chi connectivity index (χ4v) is 6.66. The van der Waals surface area contributed by atoms with Gasteiger partial charge in [-0.2, -0.15) is 26.3 Å². The van der Waals surface area contributed by atoms with Gasteiger partial charge in [-0.05, 0) is 103 Å². The summed E-state index contributed by atoms with van der Waals surface area (Å²) in [6.07, 6.45) is -10.8. The quantitative estimate of drug-likeness (QED) is 0.249. The summed E-state index contributed by atoms with van der Waals surface area (Å²) in [5.74, 6) is -1.52. The van der Waals surface area contributed by atoms with Crippen LogP contribution in [0.1, 0.15) is 84.3 Å². The molecule has 13 heteroatoms. The molecule has 1 aliphatic heterocycles. The van der Waals surface area contributed by atoms with Gasteiger partial charge in [-0.15, -0.1) is 0 Å². The van der Waals surface area contributed by atoms with Crippen LogP contribution in [0.2, 0.25) is 0 Å². The lowest BCUT2D eigenvalue weighted by Gasteiger charge is -2.36. The molecule has 1 fully saturated rings. The normalized spacial score (nSPS) is 19.7. The number of allylic oxidation sites excluding steroid dienone is 1. The van der Waals surface area contributed by atoms with Crippen molar-refractivity contribution in [1.29, 1.82) is 0 Å². The zero-order valence-corrected chi connectivity index (χ0v) is 27.3. The van der Waals surface area contributed by atoms with Crippen LogP contribution in [-0.2, 0) is 17.1 Å². The fourth-order valence-electron chi connectivity index (χ4n) is 6.66. The fraction of sp³-hybridized carbons (Fsp3) is 0.389. The molecule has 2 aliphatic rings. The van der Waals surface area contributed by atoms with Crippen molar-refractivity contribution in [2.45, 2.75) is 71.5 Å². The van der Waals surface area contributed by atoms with E-state index >= 15 is 4.39 Å². The Kier molecular flexibility index (Phi) is 9.28. The molecule has 1 saturated heterocycles. The molecular formula is C36H34F7NO5. The van der Waals surface area contributed by atoms with E-state index in [1.807, 2.05) is 13.8 Å². The van der Waals surface area contributed by atoms with E-state index in [9.17, 15) is 41.0 Å². The number of methoxy groups -OCH3 is 1. The van der Waals surface area contributed by atoms with Gasteiger partial charge in [0.15, 0.2) is 0 Å². The van der Waals surface area contributed by atoms with Gasteiger partial charge in [-0.1, -0.05) is 19.9 Å². The Morgan fingerprint density at radius 3 is 2.16 bits per heavy atom. The Labute approximate surface area is 278 Å². The van der Waals surface area contributed by atoms with Gasteiger partial charge in [0.1, 0.15) is 17.7 Å². The molecule has 262 valence electrons. The number of halogens is 7. The Morgan fingerprint density at radius 1 is 0.980 bits per heavy atom. The van der Waals surface area contributed by atoms with Crippen molar-refractivity contribution in [3.05, 3.63) is 93.3 Å². The largest absolute Gasteiger partial charge is 0.496 e. The SMILES string of the molecule is COc1cc(F)c(-c2ccc(C(=O)O)cc2C)cc1C1=C(CN2C(=O)O[C@H](c3cc(C(F)(F)F)cc(C(F)(F)F)c3)C2C)CC(C)(C)CC1. The molecule has 2 atom stereocenters. The molecule has 1 heterocycles. The van der Waals surface area contributed by atoms with Crippen LogP contribution in [-0.4, -0.2) is 41.8 Å². The summed E-state index contributed by atoms with van der Waals surface area (Å²) in [6, 6.07) is 7.39.